The van der Waals surface area contributed by atoms with Gasteiger partial charge in [-0.2, -0.15) is 0 Å². The minimum absolute atomic E-state index is 0.0516. The fourth-order valence-electron chi connectivity index (χ4n) is 1.79. The van der Waals surface area contributed by atoms with Gasteiger partial charge in [0.1, 0.15) is 5.82 Å². The Labute approximate surface area is 121 Å². The molecule has 0 aromatic carbocycles. The molecule has 0 bridgehead atoms. The molecule has 0 spiro atoms. The first-order valence-electron chi connectivity index (χ1n) is 7.10. The first-order chi connectivity index (χ1) is 9.58. The van der Waals surface area contributed by atoms with E-state index in [2.05, 4.69) is 27.3 Å². The van der Waals surface area contributed by atoms with E-state index in [1.165, 1.54) is 0 Å². The van der Waals surface area contributed by atoms with Gasteiger partial charge in [-0.25, -0.2) is 0 Å². The number of nitrogens with zero attached hydrogens (tertiary/aromatic N) is 4. The third kappa shape index (κ3) is 5.13. The van der Waals surface area contributed by atoms with E-state index in [1.807, 2.05) is 25.9 Å². The number of anilines is 1. The molecule has 1 rings (SSSR count). The van der Waals surface area contributed by atoms with E-state index in [4.69, 9.17) is 0 Å². The molecule has 6 nitrogen and oxygen atoms in total. The van der Waals surface area contributed by atoms with Crippen LogP contribution < -0.4 is 5.32 Å². The van der Waals surface area contributed by atoms with Gasteiger partial charge in [-0.15, -0.1) is 10.2 Å². The van der Waals surface area contributed by atoms with Crippen LogP contribution in [-0.4, -0.2) is 66.2 Å². The third-order valence-corrected chi connectivity index (χ3v) is 2.84. The summed E-state index contributed by atoms with van der Waals surface area (Å²) in [6, 6.07) is 3.52. The average Bonchev–Trinajstić information content (AvgIpc) is 2.44. The van der Waals surface area contributed by atoms with Gasteiger partial charge in [0.15, 0.2) is 5.69 Å². The molecule has 1 aromatic heterocycles. The second kappa shape index (κ2) is 8.47. The number of aromatic nitrogens is 2. The Morgan fingerprint density at radius 1 is 1.15 bits per heavy atom. The molecule has 0 radical (unpaired) electrons. The second-order valence-electron chi connectivity index (χ2n) is 4.93. The quantitative estimate of drug-likeness (QED) is 0.777. The maximum Gasteiger partial charge on any atom is 0.274 e. The van der Waals surface area contributed by atoms with Gasteiger partial charge in [-0.3, -0.25) is 4.79 Å². The van der Waals surface area contributed by atoms with Crippen LogP contribution in [0.3, 0.4) is 0 Å². The predicted molar refractivity (Wildman–Crippen MR) is 80.9 cm³/mol. The summed E-state index contributed by atoms with van der Waals surface area (Å²) in [5.41, 5.74) is 0.402. The zero-order valence-electron chi connectivity index (χ0n) is 12.9. The first kappa shape index (κ1) is 16.4. The largest absolute Gasteiger partial charge is 0.369 e. The lowest BCUT2D eigenvalue weighted by Crippen LogP contribution is -2.37. The Hall–Kier alpha value is -1.69. The molecule has 20 heavy (non-hydrogen) atoms. The van der Waals surface area contributed by atoms with Crippen molar-refractivity contribution in [3.05, 3.63) is 17.8 Å². The van der Waals surface area contributed by atoms with E-state index in [1.54, 1.807) is 12.1 Å². The van der Waals surface area contributed by atoms with E-state index in [9.17, 15) is 4.79 Å². The highest BCUT2D eigenvalue weighted by Crippen LogP contribution is 2.06. The molecule has 0 fully saturated rings. The summed E-state index contributed by atoms with van der Waals surface area (Å²) >= 11 is 0. The highest BCUT2D eigenvalue weighted by Gasteiger charge is 2.16. The van der Waals surface area contributed by atoms with Gasteiger partial charge in [0.05, 0.1) is 0 Å². The molecule has 1 amide bonds. The van der Waals surface area contributed by atoms with Crippen molar-refractivity contribution in [2.45, 2.75) is 20.3 Å². The molecule has 0 saturated carbocycles. The van der Waals surface area contributed by atoms with Crippen LogP contribution in [0.25, 0.3) is 0 Å². The Bertz CT molecular complexity index is 405. The fraction of sp³-hybridized carbons (Fsp3) is 0.643. The maximum absolute atomic E-state index is 12.4. The van der Waals surface area contributed by atoms with Gasteiger partial charge in [0.2, 0.25) is 0 Å². The Kier molecular flexibility index (Phi) is 6.93. The predicted octanol–water partition coefficient (Wildman–Crippen LogP) is 1.32. The molecular formula is C14H25N5O. The molecule has 0 aliphatic rings. The number of rotatable bonds is 8. The zero-order chi connectivity index (χ0) is 15.0. The van der Waals surface area contributed by atoms with Gasteiger partial charge in [0.25, 0.3) is 5.91 Å². The van der Waals surface area contributed by atoms with Crippen LogP contribution in [0.1, 0.15) is 30.8 Å². The Morgan fingerprint density at radius 2 is 1.90 bits per heavy atom. The summed E-state index contributed by atoms with van der Waals surface area (Å²) in [5, 5.41) is 11.1. The summed E-state index contributed by atoms with van der Waals surface area (Å²) in [5.74, 6) is 0.642. The van der Waals surface area contributed by atoms with E-state index in [0.29, 0.717) is 18.1 Å². The van der Waals surface area contributed by atoms with Crippen LogP contribution in [0.5, 0.6) is 0 Å². The summed E-state index contributed by atoms with van der Waals surface area (Å²) in [7, 11) is 4.00. The van der Waals surface area contributed by atoms with Crippen molar-refractivity contribution >= 4 is 11.7 Å². The third-order valence-electron chi connectivity index (χ3n) is 2.84. The van der Waals surface area contributed by atoms with Crippen LogP contribution in [0.4, 0.5) is 5.82 Å². The smallest absolute Gasteiger partial charge is 0.274 e. The monoisotopic (exact) mass is 279 g/mol. The molecule has 0 unspecified atom stereocenters. The van der Waals surface area contributed by atoms with Crippen molar-refractivity contribution in [1.82, 2.24) is 20.0 Å². The number of carbonyl (C=O) groups excluding carboxylic acids is 1. The topological polar surface area (TPSA) is 61.4 Å². The van der Waals surface area contributed by atoms with Gasteiger partial charge >= 0.3 is 0 Å². The minimum Gasteiger partial charge on any atom is -0.369 e. The number of nitrogens with one attached hydrogen (secondary N) is 1. The molecular weight excluding hydrogens is 254 g/mol. The number of hydrogen-bond donors (Lipinski definition) is 1. The fourth-order valence-corrected chi connectivity index (χ4v) is 1.79. The van der Waals surface area contributed by atoms with E-state index < -0.39 is 0 Å². The summed E-state index contributed by atoms with van der Waals surface area (Å²) in [6.07, 6.45) is 0.933. The summed E-state index contributed by atoms with van der Waals surface area (Å²) in [6.45, 7) is 7.13. The lowest BCUT2D eigenvalue weighted by Gasteiger charge is -2.23. The maximum atomic E-state index is 12.4. The van der Waals surface area contributed by atoms with Gasteiger partial charge in [0, 0.05) is 26.2 Å². The molecule has 0 atom stereocenters. The van der Waals surface area contributed by atoms with Crippen LogP contribution in [0, 0.1) is 0 Å². The van der Waals surface area contributed by atoms with Crippen molar-refractivity contribution in [3.63, 3.8) is 0 Å². The minimum atomic E-state index is -0.0516. The second-order valence-corrected chi connectivity index (χ2v) is 4.93. The molecule has 0 saturated heterocycles. The van der Waals surface area contributed by atoms with Crippen LogP contribution in [0.15, 0.2) is 12.1 Å². The van der Waals surface area contributed by atoms with Crippen LogP contribution >= 0.6 is 0 Å². The molecule has 1 heterocycles. The standard InChI is InChI=1S/C14H25N5O/c1-5-9-19(11-10-18(3)4)14(20)12-7-8-13(15-6-2)17-16-12/h7-8H,5-6,9-11H2,1-4H3,(H,15,17). The number of hydrogen-bond acceptors (Lipinski definition) is 5. The molecule has 0 aliphatic heterocycles. The van der Waals surface area contributed by atoms with Gasteiger partial charge in [-0.1, -0.05) is 6.92 Å². The van der Waals surface area contributed by atoms with E-state index in [0.717, 1.165) is 26.1 Å². The lowest BCUT2D eigenvalue weighted by atomic mass is 10.3. The normalized spacial score (nSPS) is 10.7. The van der Waals surface area contributed by atoms with Crippen molar-refractivity contribution in [2.75, 3.05) is 45.6 Å². The number of amides is 1. The summed E-state index contributed by atoms with van der Waals surface area (Å²) in [4.78, 5) is 16.3. The molecule has 1 N–H and O–H groups in total. The highest BCUT2D eigenvalue weighted by molar-refractivity contribution is 5.92. The molecule has 1 aromatic rings. The van der Waals surface area contributed by atoms with Gasteiger partial charge in [-0.05, 0) is 39.6 Å². The van der Waals surface area contributed by atoms with E-state index in [-0.39, 0.29) is 5.91 Å². The Morgan fingerprint density at radius 3 is 2.40 bits per heavy atom. The molecule has 6 heteroatoms. The zero-order valence-corrected chi connectivity index (χ0v) is 12.9. The van der Waals surface area contributed by atoms with Crippen molar-refractivity contribution in [1.29, 1.82) is 0 Å². The van der Waals surface area contributed by atoms with Crippen LogP contribution in [-0.2, 0) is 0 Å². The van der Waals surface area contributed by atoms with Gasteiger partial charge < -0.3 is 15.1 Å². The van der Waals surface area contributed by atoms with Crippen LogP contribution in [0.2, 0.25) is 0 Å². The number of carbonyl (C=O) groups is 1. The highest BCUT2D eigenvalue weighted by atomic mass is 16.2. The van der Waals surface area contributed by atoms with Crippen molar-refractivity contribution in [2.24, 2.45) is 0 Å². The number of likely N-dealkylation sites (N-methyl/N-ethyl adjacent to an activating group) is 1. The first-order valence-corrected chi connectivity index (χ1v) is 7.10. The lowest BCUT2D eigenvalue weighted by molar-refractivity contribution is 0.0738. The average molecular weight is 279 g/mol. The summed E-state index contributed by atoms with van der Waals surface area (Å²) < 4.78 is 0. The Balaban J connectivity index is 2.72. The van der Waals surface area contributed by atoms with Crippen molar-refractivity contribution < 1.29 is 4.79 Å². The SMILES string of the molecule is CCCN(CCN(C)C)C(=O)c1ccc(NCC)nn1. The van der Waals surface area contributed by atoms with Crippen molar-refractivity contribution in [3.8, 4) is 0 Å². The molecule has 0 aliphatic carbocycles. The van der Waals surface area contributed by atoms with E-state index >= 15 is 0 Å². The molecule has 112 valence electrons.